The van der Waals surface area contributed by atoms with Crippen LogP contribution in [0.25, 0.3) is 0 Å². The minimum atomic E-state index is -0.577. The molecule has 0 heterocycles. The largest absolute Gasteiger partial charge is 0.461 e. The molecule has 0 bridgehead atoms. The Morgan fingerprint density at radius 3 is 1.46 bits per heavy atom. The van der Waals surface area contributed by atoms with Gasteiger partial charge in [-0.1, -0.05) is 183 Å². The molecule has 0 aromatic rings. The first-order valence-electron chi connectivity index (χ1n) is 22.1. The maximum absolute atomic E-state index is 12.5. The van der Waals surface area contributed by atoms with Gasteiger partial charge in [-0.25, -0.2) is 0 Å². The van der Waals surface area contributed by atoms with Crippen molar-refractivity contribution in [1.29, 1.82) is 0 Å². The van der Waals surface area contributed by atoms with Crippen molar-refractivity contribution < 1.29 is 23.8 Å². The predicted octanol–water partition coefficient (Wildman–Crippen LogP) is 14.6. The third kappa shape index (κ3) is 41.8. The van der Waals surface area contributed by atoms with Gasteiger partial charge < -0.3 is 14.2 Å². The van der Waals surface area contributed by atoms with Crippen molar-refractivity contribution in [3.8, 4) is 0 Å². The van der Waals surface area contributed by atoms with Crippen LogP contribution in [0.4, 0.5) is 0 Å². The van der Waals surface area contributed by atoms with Gasteiger partial charge in [-0.3, -0.25) is 9.59 Å². The van der Waals surface area contributed by atoms with Crippen LogP contribution in [0, 0.1) is 0 Å². The first-order valence-corrected chi connectivity index (χ1v) is 22.1. The second-order valence-electron chi connectivity index (χ2n) is 14.2. The van der Waals surface area contributed by atoms with Crippen molar-refractivity contribution in [2.45, 2.75) is 194 Å². The maximum Gasteiger partial charge on any atom is 0.309 e. The summed E-state index contributed by atoms with van der Waals surface area (Å²) in [5, 5.41) is 0. The molecule has 5 heteroatoms. The summed E-state index contributed by atoms with van der Waals surface area (Å²) in [5.74, 6) is -0.565. The number of unbranched alkanes of at least 4 members (excludes halogenated alkanes) is 15. The third-order valence-electron chi connectivity index (χ3n) is 8.95. The van der Waals surface area contributed by atoms with Gasteiger partial charge in [-0.15, -0.1) is 0 Å². The molecule has 308 valence electrons. The lowest BCUT2D eigenvalue weighted by Gasteiger charge is -2.18. The van der Waals surface area contributed by atoms with Crippen LogP contribution in [-0.2, 0) is 23.8 Å². The van der Waals surface area contributed by atoms with Gasteiger partial charge in [0.2, 0.25) is 0 Å². The van der Waals surface area contributed by atoms with Crippen molar-refractivity contribution in [2.75, 3.05) is 19.8 Å². The molecule has 0 rings (SSSR count). The van der Waals surface area contributed by atoms with Crippen molar-refractivity contribution in [2.24, 2.45) is 0 Å². The van der Waals surface area contributed by atoms with Gasteiger partial charge in [0.15, 0.2) is 6.10 Å². The molecule has 1 unspecified atom stereocenters. The number of carbonyl (C=O) groups excluding carboxylic acids is 2. The molecule has 0 spiro atoms. The molecular weight excluding hydrogens is 669 g/mol. The predicted molar refractivity (Wildman–Crippen MR) is 233 cm³/mol. The summed E-state index contributed by atoms with van der Waals surface area (Å²) in [6.45, 7) is 7.48. The second kappa shape index (κ2) is 44.5. The number of hydrogen-bond donors (Lipinski definition) is 0. The van der Waals surface area contributed by atoms with E-state index in [0.717, 1.165) is 70.6 Å². The number of rotatable bonds is 39. The van der Waals surface area contributed by atoms with E-state index in [0.29, 0.717) is 13.0 Å². The van der Waals surface area contributed by atoms with Gasteiger partial charge in [-0.2, -0.15) is 0 Å². The number of hydrogen-bond acceptors (Lipinski definition) is 5. The maximum atomic E-state index is 12.5. The van der Waals surface area contributed by atoms with Crippen LogP contribution in [0.1, 0.15) is 188 Å². The molecule has 0 amide bonds. The van der Waals surface area contributed by atoms with Crippen molar-refractivity contribution >= 4 is 11.9 Å². The van der Waals surface area contributed by atoms with E-state index in [9.17, 15) is 9.59 Å². The highest BCUT2D eigenvalue weighted by Crippen LogP contribution is 2.12. The first-order chi connectivity index (χ1) is 26.6. The van der Waals surface area contributed by atoms with Crippen LogP contribution in [0.15, 0.2) is 85.1 Å². The van der Waals surface area contributed by atoms with E-state index in [-0.39, 0.29) is 31.6 Å². The van der Waals surface area contributed by atoms with E-state index in [1.165, 1.54) is 83.5 Å². The highest BCUT2D eigenvalue weighted by molar-refractivity contribution is 5.71. The Bertz CT molecular complexity index is 1030. The normalized spacial score (nSPS) is 13.0. The van der Waals surface area contributed by atoms with Crippen LogP contribution >= 0.6 is 0 Å². The third-order valence-corrected chi connectivity index (χ3v) is 8.95. The Kier molecular flexibility index (Phi) is 42.1. The molecule has 54 heavy (non-hydrogen) atoms. The molecule has 0 aliphatic rings. The van der Waals surface area contributed by atoms with Crippen molar-refractivity contribution in [1.82, 2.24) is 0 Å². The minimum Gasteiger partial charge on any atom is -0.461 e. The van der Waals surface area contributed by atoms with Gasteiger partial charge in [0.25, 0.3) is 0 Å². The number of carbonyl (C=O) groups is 2. The summed E-state index contributed by atoms with van der Waals surface area (Å²) in [5.41, 5.74) is 0. The van der Waals surface area contributed by atoms with E-state index in [1.807, 2.05) is 12.2 Å². The van der Waals surface area contributed by atoms with E-state index in [2.05, 4.69) is 93.7 Å². The van der Waals surface area contributed by atoms with Gasteiger partial charge in [0.1, 0.15) is 6.61 Å². The molecule has 1 atom stereocenters. The highest BCUT2D eigenvalue weighted by Gasteiger charge is 2.17. The smallest absolute Gasteiger partial charge is 0.309 e. The summed E-state index contributed by atoms with van der Waals surface area (Å²) >= 11 is 0. The van der Waals surface area contributed by atoms with E-state index >= 15 is 0 Å². The van der Waals surface area contributed by atoms with E-state index in [1.54, 1.807) is 0 Å². The number of allylic oxidation sites excluding steroid dienone is 13. The number of ether oxygens (including phenoxy) is 3. The highest BCUT2D eigenvalue weighted by atomic mass is 16.6. The Morgan fingerprint density at radius 1 is 0.444 bits per heavy atom. The zero-order valence-corrected chi connectivity index (χ0v) is 35.2. The Balaban J connectivity index is 4.20. The Hall–Kier alpha value is -2.92. The minimum absolute atomic E-state index is 0.0249. The summed E-state index contributed by atoms with van der Waals surface area (Å²) in [6.07, 6.45) is 57.8. The molecule has 0 radical (unpaired) electrons. The zero-order valence-electron chi connectivity index (χ0n) is 35.2. The summed E-state index contributed by atoms with van der Waals surface area (Å²) in [4.78, 5) is 24.9. The topological polar surface area (TPSA) is 61.8 Å². The molecule has 0 aliphatic carbocycles. The quantitative estimate of drug-likeness (QED) is 0.0356. The van der Waals surface area contributed by atoms with Gasteiger partial charge in [-0.05, 0) is 77.0 Å². The number of esters is 2. The van der Waals surface area contributed by atoms with Crippen LogP contribution in [0.2, 0.25) is 0 Å². The Morgan fingerprint density at radius 2 is 0.889 bits per heavy atom. The second-order valence-corrected chi connectivity index (χ2v) is 14.2. The van der Waals surface area contributed by atoms with Crippen LogP contribution in [0.3, 0.4) is 0 Å². The van der Waals surface area contributed by atoms with Crippen LogP contribution < -0.4 is 0 Å². The van der Waals surface area contributed by atoms with Crippen LogP contribution in [-0.4, -0.2) is 37.9 Å². The molecular formula is C49H82O5. The van der Waals surface area contributed by atoms with Crippen molar-refractivity contribution in [3.05, 3.63) is 85.1 Å². The monoisotopic (exact) mass is 751 g/mol. The molecule has 5 nitrogen and oxygen atoms in total. The molecule has 0 saturated heterocycles. The summed E-state index contributed by atoms with van der Waals surface area (Å²) < 4.78 is 17.1. The fourth-order valence-electron chi connectivity index (χ4n) is 5.67. The summed E-state index contributed by atoms with van der Waals surface area (Å²) in [6, 6.07) is 0. The molecule has 0 saturated carbocycles. The fraction of sp³-hybridized carbons (Fsp3) is 0.673. The Labute approximate surface area is 333 Å². The van der Waals surface area contributed by atoms with E-state index in [4.69, 9.17) is 14.2 Å². The van der Waals surface area contributed by atoms with Crippen LogP contribution in [0.5, 0.6) is 0 Å². The lowest BCUT2D eigenvalue weighted by molar-refractivity contribution is -0.162. The SMILES string of the molecule is CC/C=C\C/C=C\C/C=C\C/C=C\C/C=C\CC(=O)OCC(COCCCCCCCCCC/C=C\C/C=C\CCCCC)OC(=O)CCCCCCC. The standard InChI is InChI=1S/C49H82O5/c1-4-7-10-13-15-17-19-21-23-24-25-27-29-31-33-35-38-41-44-52-45-47(54-49(51)43-40-36-12-9-6-3)46-53-48(50)42-39-37-34-32-30-28-26-22-20-18-16-14-11-8-5-2/h8,11,15-18,21-23,26,30,32,37,39,47H,4-7,9-10,12-14,19-20,24-25,27-29,31,33-36,38,40-46H2,1-3H3/b11-8-,17-15-,18-16-,23-21-,26-22-,32-30-,39-37-. The van der Waals surface area contributed by atoms with Gasteiger partial charge in [0.05, 0.1) is 13.0 Å². The molecule has 0 N–H and O–H groups in total. The van der Waals surface area contributed by atoms with Gasteiger partial charge in [0, 0.05) is 13.0 Å². The zero-order chi connectivity index (χ0) is 39.3. The molecule has 0 aromatic heterocycles. The lowest BCUT2D eigenvalue weighted by Crippen LogP contribution is -2.30. The lowest BCUT2D eigenvalue weighted by atomic mass is 10.1. The molecule has 0 fully saturated rings. The average Bonchev–Trinajstić information content (AvgIpc) is 3.17. The summed E-state index contributed by atoms with van der Waals surface area (Å²) in [7, 11) is 0. The van der Waals surface area contributed by atoms with Crippen molar-refractivity contribution in [3.63, 3.8) is 0 Å². The van der Waals surface area contributed by atoms with E-state index < -0.39 is 6.10 Å². The average molecular weight is 751 g/mol. The first kappa shape index (κ1) is 51.1. The molecule has 0 aromatic carbocycles. The fourth-order valence-corrected chi connectivity index (χ4v) is 5.67. The van der Waals surface area contributed by atoms with Gasteiger partial charge >= 0.3 is 11.9 Å². The molecule has 0 aliphatic heterocycles.